The summed E-state index contributed by atoms with van der Waals surface area (Å²) in [6.45, 7) is 2.28. The first-order chi connectivity index (χ1) is 12.0. The smallest absolute Gasteiger partial charge is 0.171 e. The number of unbranched alkanes of at least 4 members (excludes halogenated alkanes) is 3. The maximum atomic E-state index is 12.2. The summed E-state index contributed by atoms with van der Waals surface area (Å²) in [4.78, 5) is 0. The van der Waals surface area contributed by atoms with Crippen LogP contribution >= 0.6 is 0 Å². The molecule has 0 spiro atoms. The van der Waals surface area contributed by atoms with Crippen LogP contribution in [0.5, 0.6) is 0 Å². The molecule has 0 aromatic rings. The second-order valence-electron chi connectivity index (χ2n) is 8.92. The minimum atomic E-state index is -3.97. The van der Waals surface area contributed by atoms with Crippen LogP contribution in [-0.2, 0) is 0 Å². The van der Waals surface area contributed by atoms with Crippen LogP contribution in [0.1, 0.15) is 110 Å². The summed E-state index contributed by atoms with van der Waals surface area (Å²) in [5, 5.41) is 0. The molecule has 0 radical (unpaired) electrons. The van der Waals surface area contributed by atoms with Gasteiger partial charge in [0.25, 0.3) is 0 Å². The SMILES string of the molecule is CCCCCC1CCC(C2CCC(CCCCC(F)(F)F)CC2)CC1. The van der Waals surface area contributed by atoms with Crippen molar-refractivity contribution in [2.75, 3.05) is 0 Å². The highest BCUT2D eigenvalue weighted by atomic mass is 19.4. The monoisotopic (exact) mass is 360 g/mol. The molecule has 2 aliphatic rings. The van der Waals surface area contributed by atoms with Crippen molar-refractivity contribution in [3.05, 3.63) is 0 Å². The highest BCUT2D eigenvalue weighted by molar-refractivity contribution is 4.82. The molecule has 2 aliphatic carbocycles. The van der Waals surface area contributed by atoms with Gasteiger partial charge in [-0.3, -0.25) is 0 Å². The quantitative estimate of drug-likeness (QED) is 0.363. The lowest BCUT2D eigenvalue weighted by atomic mass is 9.68. The number of alkyl halides is 3. The highest BCUT2D eigenvalue weighted by Crippen LogP contribution is 2.43. The Labute approximate surface area is 153 Å². The van der Waals surface area contributed by atoms with Crippen LogP contribution in [0, 0.1) is 23.7 Å². The second kappa shape index (κ2) is 10.8. The summed E-state index contributed by atoms with van der Waals surface area (Å²) in [6.07, 6.45) is 14.2. The van der Waals surface area contributed by atoms with E-state index in [0.717, 1.165) is 30.6 Å². The van der Waals surface area contributed by atoms with Crippen molar-refractivity contribution in [2.24, 2.45) is 23.7 Å². The van der Waals surface area contributed by atoms with Gasteiger partial charge in [0.15, 0.2) is 0 Å². The van der Waals surface area contributed by atoms with Gasteiger partial charge in [-0.05, 0) is 55.8 Å². The van der Waals surface area contributed by atoms with E-state index in [1.807, 2.05) is 0 Å². The number of rotatable bonds is 9. The van der Waals surface area contributed by atoms with Gasteiger partial charge in [-0.1, -0.05) is 71.1 Å². The molecule has 148 valence electrons. The lowest BCUT2D eigenvalue weighted by molar-refractivity contribution is -0.135. The Morgan fingerprint density at radius 3 is 1.48 bits per heavy atom. The predicted molar refractivity (Wildman–Crippen MR) is 99.6 cm³/mol. The molecule has 0 heterocycles. The molecule has 3 heteroatoms. The Bertz CT molecular complexity index is 334. The van der Waals surface area contributed by atoms with E-state index in [1.54, 1.807) is 0 Å². The van der Waals surface area contributed by atoms with E-state index in [-0.39, 0.29) is 0 Å². The predicted octanol–water partition coefficient (Wildman–Crippen LogP) is 8.30. The van der Waals surface area contributed by atoms with Gasteiger partial charge in [0, 0.05) is 6.42 Å². The normalized spacial score (nSPS) is 31.2. The van der Waals surface area contributed by atoms with Gasteiger partial charge in [0.2, 0.25) is 0 Å². The van der Waals surface area contributed by atoms with Crippen LogP contribution in [0.15, 0.2) is 0 Å². The Balaban J connectivity index is 1.55. The van der Waals surface area contributed by atoms with Gasteiger partial charge in [-0.25, -0.2) is 0 Å². The van der Waals surface area contributed by atoms with E-state index in [2.05, 4.69) is 6.92 Å². The lowest BCUT2D eigenvalue weighted by Crippen LogP contribution is -2.26. The van der Waals surface area contributed by atoms with Crippen molar-refractivity contribution in [2.45, 2.75) is 116 Å². The fourth-order valence-corrected chi connectivity index (χ4v) is 5.34. The van der Waals surface area contributed by atoms with Crippen LogP contribution < -0.4 is 0 Å². The molecule has 0 N–H and O–H groups in total. The third kappa shape index (κ3) is 8.35. The molecular formula is C22H39F3. The standard InChI is InChI=1S/C22H39F3/c1-2-3-4-7-18-9-13-20(14-10-18)21-15-11-19(12-16-21)8-5-6-17-22(23,24)25/h18-21H,2-17H2,1H3. The van der Waals surface area contributed by atoms with E-state index >= 15 is 0 Å². The minimum absolute atomic E-state index is 0.325. The zero-order valence-electron chi connectivity index (χ0n) is 16.3. The van der Waals surface area contributed by atoms with Crippen LogP contribution in [0.3, 0.4) is 0 Å². The number of hydrogen-bond acceptors (Lipinski definition) is 0. The summed E-state index contributed by atoms with van der Waals surface area (Å²) in [7, 11) is 0. The molecule has 0 nitrogen and oxygen atoms in total. The number of halogens is 3. The van der Waals surface area contributed by atoms with Gasteiger partial charge in [0.1, 0.15) is 0 Å². The van der Waals surface area contributed by atoms with Crippen molar-refractivity contribution >= 4 is 0 Å². The molecule has 0 unspecified atom stereocenters. The van der Waals surface area contributed by atoms with Crippen LogP contribution in [0.2, 0.25) is 0 Å². The minimum Gasteiger partial charge on any atom is -0.171 e. The molecule has 0 saturated heterocycles. The summed E-state index contributed by atoms with van der Waals surface area (Å²) in [5.41, 5.74) is 0. The van der Waals surface area contributed by atoms with E-state index in [4.69, 9.17) is 0 Å². The van der Waals surface area contributed by atoms with E-state index in [0.29, 0.717) is 12.3 Å². The maximum absolute atomic E-state index is 12.2. The summed E-state index contributed by atoms with van der Waals surface area (Å²) < 4.78 is 36.6. The molecule has 2 rings (SSSR count). The molecule has 0 aliphatic heterocycles. The Hall–Kier alpha value is -0.210. The molecular weight excluding hydrogens is 321 g/mol. The van der Waals surface area contributed by atoms with Gasteiger partial charge in [-0.2, -0.15) is 13.2 Å². The average molecular weight is 361 g/mol. The molecule has 2 saturated carbocycles. The molecule has 0 aromatic carbocycles. The van der Waals surface area contributed by atoms with Crippen molar-refractivity contribution in [3.8, 4) is 0 Å². The largest absolute Gasteiger partial charge is 0.389 e. The van der Waals surface area contributed by atoms with E-state index in [1.165, 1.54) is 77.0 Å². The molecule has 0 atom stereocenters. The van der Waals surface area contributed by atoms with Crippen LogP contribution in [0.25, 0.3) is 0 Å². The first kappa shape index (κ1) is 21.1. The van der Waals surface area contributed by atoms with Crippen LogP contribution in [-0.4, -0.2) is 6.18 Å². The van der Waals surface area contributed by atoms with Crippen molar-refractivity contribution in [1.29, 1.82) is 0 Å². The first-order valence-electron chi connectivity index (χ1n) is 11.0. The summed E-state index contributed by atoms with van der Waals surface area (Å²) in [5.74, 6) is 3.57. The van der Waals surface area contributed by atoms with Crippen molar-refractivity contribution < 1.29 is 13.2 Å². The van der Waals surface area contributed by atoms with Gasteiger partial charge < -0.3 is 0 Å². The Kier molecular flexibility index (Phi) is 9.13. The summed E-state index contributed by atoms with van der Waals surface area (Å²) >= 11 is 0. The van der Waals surface area contributed by atoms with Gasteiger partial charge in [-0.15, -0.1) is 0 Å². The van der Waals surface area contributed by atoms with Crippen LogP contribution in [0.4, 0.5) is 13.2 Å². The summed E-state index contributed by atoms with van der Waals surface area (Å²) in [6, 6.07) is 0. The third-order valence-electron chi connectivity index (χ3n) is 6.99. The van der Waals surface area contributed by atoms with E-state index in [9.17, 15) is 13.2 Å². The van der Waals surface area contributed by atoms with Crippen molar-refractivity contribution in [3.63, 3.8) is 0 Å². The molecule has 0 bridgehead atoms. The zero-order valence-corrected chi connectivity index (χ0v) is 16.3. The lowest BCUT2D eigenvalue weighted by Gasteiger charge is -2.38. The number of hydrogen-bond donors (Lipinski definition) is 0. The Morgan fingerprint density at radius 1 is 0.640 bits per heavy atom. The molecule has 0 aromatic heterocycles. The molecule has 25 heavy (non-hydrogen) atoms. The fraction of sp³-hybridized carbons (Fsp3) is 1.00. The topological polar surface area (TPSA) is 0 Å². The molecule has 2 fully saturated rings. The molecule has 0 amide bonds. The van der Waals surface area contributed by atoms with Crippen molar-refractivity contribution in [1.82, 2.24) is 0 Å². The average Bonchev–Trinajstić information content (AvgIpc) is 2.59. The van der Waals surface area contributed by atoms with Gasteiger partial charge in [0.05, 0.1) is 0 Å². The highest BCUT2D eigenvalue weighted by Gasteiger charge is 2.31. The Morgan fingerprint density at radius 2 is 1.08 bits per heavy atom. The van der Waals surface area contributed by atoms with Gasteiger partial charge >= 0.3 is 6.18 Å². The first-order valence-corrected chi connectivity index (χ1v) is 11.0. The zero-order chi connectivity index (χ0) is 18.1. The maximum Gasteiger partial charge on any atom is 0.389 e. The second-order valence-corrected chi connectivity index (χ2v) is 8.92. The fourth-order valence-electron chi connectivity index (χ4n) is 5.34. The third-order valence-corrected chi connectivity index (χ3v) is 6.99. The van der Waals surface area contributed by atoms with E-state index < -0.39 is 12.6 Å².